The van der Waals surface area contributed by atoms with E-state index < -0.39 is 0 Å². The highest BCUT2D eigenvalue weighted by Crippen LogP contribution is 2.23. The Hall–Kier alpha value is -0.790. The van der Waals surface area contributed by atoms with E-state index in [9.17, 15) is 4.79 Å². The van der Waals surface area contributed by atoms with Crippen molar-refractivity contribution in [1.29, 1.82) is 0 Å². The van der Waals surface area contributed by atoms with E-state index in [0.29, 0.717) is 0 Å². The van der Waals surface area contributed by atoms with Gasteiger partial charge in [-0.2, -0.15) is 0 Å². The molecule has 0 atom stereocenters. The summed E-state index contributed by atoms with van der Waals surface area (Å²) in [5.74, 6) is 0.240. The maximum Gasteiger partial charge on any atom is 0.155 e. The predicted octanol–water partition coefficient (Wildman–Crippen LogP) is 3.43. The van der Waals surface area contributed by atoms with Crippen molar-refractivity contribution in [1.82, 2.24) is 5.32 Å². The van der Waals surface area contributed by atoms with Crippen LogP contribution in [0.1, 0.15) is 59.3 Å². The van der Waals surface area contributed by atoms with Crippen LogP contribution in [0.2, 0.25) is 0 Å². The summed E-state index contributed by atoms with van der Waals surface area (Å²) < 4.78 is 0. The molecule has 0 heterocycles. The molecule has 2 heteroatoms. The summed E-state index contributed by atoms with van der Waals surface area (Å²) in [6.07, 6.45) is 7.93. The van der Waals surface area contributed by atoms with Gasteiger partial charge >= 0.3 is 0 Å². The van der Waals surface area contributed by atoms with Crippen molar-refractivity contribution < 1.29 is 4.79 Å². The van der Waals surface area contributed by atoms with Crippen molar-refractivity contribution in [3.63, 3.8) is 0 Å². The molecule has 0 saturated heterocycles. The molecule has 0 aliphatic rings. The Kier molecular flexibility index (Phi) is 7.10. The van der Waals surface area contributed by atoms with Crippen LogP contribution in [-0.2, 0) is 4.79 Å². The van der Waals surface area contributed by atoms with E-state index >= 15 is 0 Å². The molecule has 1 N–H and O–H groups in total. The minimum absolute atomic E-state index is 0.240. The Morgan fingerprint density at radius 2 is 1.73 bits per heavy atom. The van der Waals surface area contributed by atoms with Crippen LogP contribution in [0, 0.1) is 0 Å². The average Bonchev–Trinajstić information content (AvgIpc) is 2.22. The van der Waals surface area contributed by atoms with E-state index in [-0.39, 0.29) is 11.3 Å². The standard InChI is InChI=1S/C13H25NO/c1-5-8-10-13(12(4)15,14-7-3)11-9-6-2/h7,14H,3,5-6,8-11H2,1-2,4H3. The molecular weight excluding hydrogens is 186 g/mol. The first kappa shape index (κ1) is 14.2. The lowest BCUT2D eigenvalue weighted by Gasteiger charge is -2.32. The van der Waals surface area contributed by atoms with Gasteiger partial charge in [0.1, 0.15) is 0 Å². The lowest BCUT2D eigenvalue weighted by Crippen LogP contribution is -2.48. The summed E-state index contributed by atoms with van der Waals surface area (Å²) in [7, 11) is 0. The maximum atomic E-state index is 11.8. The van der Waals surface area contributed by atoms with E-state index in [1.54, 1.807) is 13.1 Å². The van der Waals surface area contributed by atoms with Gasteiger partial charge in [-0.15, -0.1) is 0 Å². The van der Waals surface area contributed by atoms with Gasteiger partial charge in [0.05, 0.1) is 5.54 Å². The van der Waals surface area contributed by atoms with Crippen molar-refractivity contribution in [2.75, 3.05) is 0 Å². The van der Waals surface area contributed by atoms with Crippen LogP contribution >= 0.6 is 0 Å². The summed E-state index contributed by atoms with van der Waals surface area (Å²) in [6.45, 7) is 9.67. The summed E-state index contributed by atoms with van der Waals surface area (Å²) >= 11 is 0. The molecule has 0 fully saturated rings. The van der Waals surface area contributed by atoms with Gasteiger partial charge in [-0.3, -0.25) is 4.79 Å². The van der Waals surface area contributed by atoms with Crippen LogP contribution in [0.15, 0.2) is 12.8 Å². The quantitative estimate of drug-likeness (QED) is 0.633. The first-order valence-electron chi connectivity index (χ1n) is 6.02. The minimum atomic E-state index is -0.353. The molecule has 0 aromatic heterocycles. The summed E-state index contributed by atoms with van der Waals surface area (Å²) in [6, 6.07) is 0. The van der Waals surface area contributed by atoms with Gasteiger partial charge in [0.25, 0.3) is 0 Å². The van der Waals surface area contributed by atoms with Gasteiger partial charge in [-0.25, -0.2) is 0 Å². The number of ketones is 1. The SMILES string of the molecule is C=CNC(CCCC)(CCCC)C(C)=O. The number of unbranched alkanes of at least 4 members (excludes halogenated alkanes) is 2. The third-order valence-corrected chi connectivity index (χ3v) is 2.97. The second kappa shape index (κ2) is 7.49. The highest BCUT2D eigenvalue weighted by Gasteiger charge is 2.32. The Balaban J connectivity index is 4.55. The summed E-state index contributed by atoms with van der Waals surface area (Å²) in [4.78, 5) is 11.8. The molecule has 0 radical (unpaired) electrons. The predicted molar refractivity (Wildman–Crippen MR) is 65.8 cm³/mol. The second-order valence-corrected chi connectivity index (χ2v) is 4.19. The lowest BCUT2D eigenvalue weighted by atomic mass is 9.84. The molecule has 0 aliphatic heterocycles. The molecule has 0 rings (SSSR count). The van der Waals surface area contributed by atoms with Crippen molar-refractivity contribution >= 4 is 5.78 Å². The zero-order valence-corrected chi connectivity index (χ0v) is 10.4. The monoisotopic (exact) mass is 211 g/mol. The third-order valence-electron chi connectivity index (χ3n) is 2.97. The fraction of sp³-hybridized carbons (Fsp3) is 0.769. The van der Waals surface area contributed by atoms with E-state index in [2.05, 4.69) is 25.7 Å². The van der Waals surface area contributed by atoms with Crippen molar-refractivity contribution in [3.05, 3.63) is 12.8 Å². The van der Waals surface area contributed by atoms with Gasteiger partial charge in [0.2, 0.25) is 0 Å². The van der Waals surface area contributed by atoms with Crippen LogP contribution in [0.25, 0.3) is 0 Å². The topological polar surface area (TPSA) is 29.1 Å². The molecule has 2 nitrogen and oxygen atoms in total. The van der Waals surface area contributed by atoms with Crippen molar-refractivity contribution in [2.24, 2.45) is 0 Å². The molecular formula is C13H25NO. The molecule has 0 aromatic rings. The van der Waals surface area contributed by atoms with Crippen molar-refractivity contribution in [3.8, 4) is 0 Å². The fourth-order valence-electron chi connectivity index (χ4n) is 1.88. The average molecular weight is 211 g/mol. The molecule has 15 heavy (non-hydrogen) atoms. The molecule has 0 amide bonds. The first-order valence-corrected chi connectivity index (χ1v) is 6.02. The molecule has 0 saturated carbocycles. The van der Waals surface area contributed by atoms with Gasteiger partial charge in [-0.1, -0.05) is 46.1 Å². The molecule has 0 spiro atoms. The highest BCUT2D eigenvalue weighted by molar-refractivity contribution is 5.86. The number of carbonyl (C=O) groups excluding carboxylic acids is 1. The Morgan fingerprint density at radius 3 is 2.00 bits per heavy atom. The highest BCUT2D eigenvalue weighted by atomic mass is 16.1. The van der Waals surface area contributed by atoms with E-state index in [4.69, 9.17) is 0 Å². The van der Waals surface area contributed by atoms with Gasteiger partial charge < -0.3 is 5.32 Å². The van der Waals surface area contributed by atoms with Crippen LogP contribution in [0.5, 0.6) is 0 Å². The minimum Gasteiger partial charge on any atom is -0.379 e. The van der Waals surface area contributed by atoms with Crippen LogP contribution in [-0.4, -0.2) is 11.3 Å². The normalized spacial score (nSPS) is 11.1. The fourth-order valence-corrected chi connectivity index (χ4v) is 1.88. The summed E-state index contributed by atoms with van der Waals surface area (Å²) in [5, 5.41) is 3.18. The number of Topliss-reactive ketones (excluding diaryl/α,β-unsaturated/α-hetero) is 1. The number of nitrogens with one attached hydrogen (secondary N) is 1. The number of rotatable bonds is 9. The van der Waals surface area contributed by atoms with Crippen LogP contribution < -0.4 is 5.32 Å². The Labute approximate surface area is 94.1 Å². The van der Waals surface area contributed by atoms with E-state index in [1.165, 1.54) is 0 Å². The molecule has 0 aliphatic carbocycles. The zero-order valence-electron chi connectivity index (χ0n) is 10.4. The lowest BCUT2D eigenvalue weighted by molar-refractivity contribution is -0.123. The number of hydrogen-bond acceptors (Lipinski definition) is 2. The Bertz CT molecular complexity index is 191. The van der Waals surface area contributed by atoms with Gasteiger partial charge in [-0.05, 0) is 26.0 Å². The second-order valence-electron chi connectivity index (χ2n) is 4.19. The molecule has 0 bridgehead atoms. The number of carbonyl (C=O) groups is 1. The van der Waals surface area contributed by atoms with Gasteiger partial charge in [0.15, 0.2) is 5.78 Å². The van der Waals surface area contributed by atoms with E-state index in [0.717, 1.165) is 38.5 Å². The van der Waals surface area contributed by atoms with Crippen LogP contribution in [0.3, 0.4) is 0 Å². The van der Waals surface area contributed by atoms with E-state index in [1.807, 2.05) is 0 Å². The maximum absolute atomic E-state index is 11.8. The molecule has 88 valence electrons. The summed E-state index contributed by atoms with van der Waals surface area (Å²) in [5.41, 5.74) is -0.353. The molecule has 0 aromatic carbocycles. The zero-order chi connectivity index (χ0) is 11.7. The number of hydrogen-bond donors (Lipinski definition) is 1. The largest absolute Gasteiger partial charge is 0.379 e. The van der Waals surface area contributed by atoms with Crippen molar-refractivity contribution in [2.45, 2.75) is 64.8 Å². The molecule has 0 unspecified atom stereocenters. The van der Waals surface area contributed by atoms with Crippen LogP contribution in [0.4, 0.5) is 0 Å². The smallest absolute Gasteiger partial charge is 0.155 e. The Morgan fingerprint density at radius 1 is 1.27 bits per heavy atom. The van der Waals surface area contributed by atoms with Gasteiger partial charge in [0, 0.05) is 0 Å². The third kappa shape index (κ3) is 4.50. The first-order chi connectivity index (χ1) is 7.13.